The zero-order valence-electron chi connectivity index (χ0n) is 13.6. The van der Waals surface area contributed by atoms with Crippen molar-refractivity contribution in [2.75, 3.05) is 6.61 Å². The molecule has 0 bridgehead atoms. The molecule has 1 N–H and O–H groups in total. The fourth-order valence-corrected chi connectivity index (χ4v) is 2.38. The predicted molar refractivity (Wildman–Crippen MR) is 94.5 cm³/mol. The number of ether oxygens (including phenoxy) is 1. The minimum atomic E-state index is -0.288. The third-order valence-electron chi connectivity index (χ3n) is 3.58. The first-order valence-electron chi connectivity index (χ1n) is 7.67. The number of fused-ring (bicyclic) bond motifs is 1. The molecule has 4 nitrogen and oxygen atoms in total. The molecule has 4 heteroatoms. The summed E-state index contributed by atoms with van der Waals surface area (Å²) in [6, 6.07) is 13.8. The second-order valence-electron chi connectivity index (χ2n) is 5.75. The van der Waals surface area contributed by atoms with E-state index in [1.807, 2.05) is 50.3 Å². The van der Waals surface area contributed by atoms with Gasteiger partial charge in [-0.15, -0.1) is 0 Å². The van der Waals surface area contributed by atoms with Gasteiger partial charge in [0.15, 0.2) is 5.43 Å². The van der Waals surface area contributed by atoms with Crippen LogP contribution in [0.2, 0.25) is 0 Å². The minimum Gasteiger partial charge on any atom is -0.507 e. The maximum atomic E-state index is 12.3. The summed E-state index contributed by atoms with van der Waals surface area (Å²) < 4.78 is 11.4. The van der Waals surface area contributed by atoms with Crippen molar-refractivity contribution in [2.24, 2.45) is 0 Å². The zero-order valence-corrected chi connectivity index (χ0v) is 13.6. The normalized spacial score (nSPS) is 10.6. The Morgan fingerprint density at radius 2 is 1.92 bits per heavy atom. The standard InChI is InChI=1S/C20H18O4/c1-13(2)8-9-23-15-10-16(21)20-17(22)12-18(24-19(20)11-15)14-6-4-3-5-7-14/h3-8,10-12,21H,9H2,1-2H3. The monoisotopic (exact) mass is 322 g/mol. The zero-order chi connectivity index (χ0) is 17.1. The van der Waals surface area contributed by atoms with Crippen molar-refractivity contribution in [3.63, 3.8) is 0 Å². The van der Waals surface area contributed by atoms with E-state index in [4.69, 9.17) is 9.15 Å². The van der Waals surface area contributed by atoms with E-state index in [0.29, 0.717) is 23.7 Å². The van der Waals surface area contributed by atoms with Gasteiger partial charge in [0.1, 0.15) is 34.8 Å². The van der Waals surface area contributed by atoms with Gasteiger partial charge in [0.25, 0.3) is 0 Å². The summed E-state index contributed by atoms with van der Waals surface area (Å²) in [6.45, 7) is 4.34. The largest absolute Gasteiger partial charge is 0.507 e. The van der Waals surface area contributed by atoms with E-state index in [2.05, 4.69) is 0 Å². The lowest BCUT2D eigenvalue weighted by Crippen LogP contribution is -2.02. The van der Waals surface area contributed by atoms with Crippen molar-refractivity contribution >= 4 is 11.0 Å². The maximum Gasteiger partial charge on any atom is 0.197 e. The lowest BCUT2D eigenvalue weighted by Gasteiger charge is -2.08. The molecule has 0 saturated carbocycles. The highest BCUT2D eigenvalue weighted by Gasteiger charge is 2.12. The van der Waals surface area contributed by atoms with E-state index in [1.165, 1.54) is 12.1 Å². The average Bonchev–Trinajstić information content (AvgIpc) is 2.54. The smallest absolute Gasteiger partial charge is 0.197 e. The van der Waals surface area contributed by atoms with E-state index in [9.17, 15) is 9.90 Å². The Morgan fingerprint density at radius 3 is 2.62 bits per heavy atom. The Bertz CT molecular complexity index is 949. The third-order valence-corrected chi connectivity index (χ3v) is 3.58. The Labute approximate surface area is 139 Å². The molecule has 24 heavy (non-hydrogen) atoms. The number of hydrogen-bond acceptors (Lipinski definition) is 4. The van der Waals surface area contributed by atoms with E-state index >= 15 is 0 Å². The van der Waals surface area contributed by atoms with Gasteiger partial charge in [-0.3, -0.25) is 4.79 Å². The lowest BCUT2D eigenvalue weighted by molar-refractivity contribution is 0.359. The molecule has 1 aromatic heterocycles. The van der Waals surface area contributed by atoms with Gasteiger partial charge in [0, 0.05) is 23.8 Å². The molecule has 2 aromatic carbocycles. The second kappa shape index (κ2) is 6.62. The molecule has 0 spiro atoms. The number of rotatable bonds is 4. The average molecular weight is 322 g/mol. The Morgan fingerprint density at radius 1 is 1.17 bits per heavy atom. The van der Waals surface area contributed by atoms with Gasteiger partial charge in [-0.05, 0) is 19.9 Å². The van der Waals surface area contributed by atoms with Crippen LogP contribution in [0, 0.1) is 0 Å². The molecule has 1 heterocycles. The van der Waals surface area contributed by atoms with Crippen molar-refractivity contribution < 1.29 is 14.3 Å². The molecule has 0 radical (unpaired) electrons. The summed E-state index contributed by atoms with van der Waals surface area (Å²) in [5, 5.41) is 10.3. The number of aromatic hydroxyl groups is 1. The Balaban J connectivity index is 2.07. The van der Waals surface area contributed by atoms with Gasteiger partial charge in [0.2, 0.25) is 0 Å². The third kappa shape index (κ3) is 3.33. The quantitative estimate of drug-likeness (QED) is 0.718. The fourth-order valence-electron chi connectivity index (χ4n) is 2.38. The summed E-state index contributed by atoms with van der Waals surface area (Å²) in [5.74, 6) is 0.757. The number of benzene rings is 2. The van der Waals surface area contributed by atoms with Gasteiger partial charge < -0.3 is 14.3 Å². The van der Waals surface area contributed by atoms with Crippen molar-refractivity contribution in [1.29, 1.82) is 0 Å². The van der Waals surface area contributed by atoms with Gasteiger partial charge in [0.05, 0.1) is 0 Å². The van der Waals surface area contributed by atoms with Crippen molar-refractivity contribution in [1.82, 2.24) is 0 Å². The van der Waals surface area contributed by atoms with Gasteiger partial charge >= 0.3 is 0 Å². The first kappa shape index (κ1) is 15.9. The molecule has 3 aromatic rings. The predicted octanol–water partition coefficient (Wildman–Crippen LogP) is 4.51. The number of phenols is 1. The van der Waals surface area contributed by atoms with Crippen LogP contribution in [0.5, 0.6) is 11.5 Å². The van der Waals surface area contributed by atoms with Crippen LogP contribution in [0.1, 0.15) is 13.8 Å². The van der Waals surface area contributed by atoms with E-state index in [-0.39, 0.29) is 16.6 Å². The van der Waals surface area contributed by atoms with E-state index < -0.39 is 0 Å². The molecule has 0 fully saturated rings. The summed E-state index contributed by atoms with van der Waals surface area (Å²) in [6.07, 6.45) is 1.93. The minimum absolute atomic E-state index is 0.145. The topological polar surface area (TPSA) is 59.7 Å². The van der Waals surface area contributed by atoms with Crippen LogP contribution in [0.3, 0.4) is 0 Å². The molecule has 122 valence electrons. The van der Waals surface area contributed by atoms with Crippen LogP contribution < -0.4 is 10.2 Å². The van der Waals surface area contributed by atoms with Crippen molar-refractivity contribution in [3.8, 4) is 22.8 Å². The molecule has 0 aliphatic rings. The van der Waals surface area contributed by atoms with Crippen LogP contribution in [-0.2, 0) is 0 Å². The second-order valence-corrected chi connectivity index (χ2v) is 5.75. The molecule has 0 atom stereocenters. The molecule has 0 saturated heterocycles. The van der Waals surface area contributed by atoms with Crippen LogP contribution >= 0.6 is 0 Å². The number of allylic oxidation sites excluding steroid dienone is 1. The molecule has 0 aliphatic heterocycles. The van der Waals surface area contributed by atoms with E-state index in [0.717, 1.165) is 11.1 Å². The highest BCUT2D eigenvalue weighted by molar-refractivity contribution is 5.86. The summed E-state index contributed by atoms with van der Waals surface area (Å²) >= 11 is 0. The summed E-state index contributed by atoms with van der Waals surface area (Å²) in [5.41, 5.74) is 1.95. The van der Waals surface area contributed by atoms with Crippen molar-refractivity contribution in [2.45, 2.75) is 13.8 Å². The summed E-state index contributed by atoms with van der Waals surface area (Å²) in [7, 11) is 0. The highest BCUT2D eigenvalue weighted by atomic mass is 16.5. The van der Waals surface area contributed by atoms with Crippen LogP contribution in [0.25, 0.3) is 22.3 Å². The number of hydrogen-bond donors (Lipinski definition) is 1. The Kier molecular flexibility index (Phi) is 4.38. The first-order chi connectivity index (χ1) is 11.5. The van der Waals surface area contributed by atoms with Crippen molar-refractivity contribution in [3.05, 3.63) is 70.4 Å². The molecular weight excluding hydrogens is 304 g/mol. The van der Waals surface area contributed by atoms with Gasteiger partial charge in [-0.1, -0.05) is 35.9 Å². The van der Waals surface area contributed by atoms with Gasteiger partial charge in [-0.2, -0.15) is 0 Å². The van der Waals surface area contributed by atoms with Gasteiger partial charge in [-0.25, -0.2) is 0 Å². The number of phenolic OH excluding ortho intramolecular Hbond substituents is 1. The molecule has 0 aliphatic carbocycles. The maximum absolute atomic E-state index is 12.3. The Hall–Kier alpha value is -3.01. The first-order valence-corrected chi connectivity index (χ1v) is 7.67. The molecule has 0 amide bonds. The van der Waals surface area contributed by atoms with Crippen LogP contribution in [0.15, 0.2) is 69.4 Å². The summed E-state index contributed by atoms with van der Waals surface area (Å²) in [4.78, 5) is 12.3. The fraction of sp³-hybridized carbons (Fsp3) is 0.150. The SMILES string of the molecule is CC(C)=CCOc1cc(O)c2c(=O)cc(-c3ccccc3)oc2c1. The van der Waals surface area contributed by atoms with Crippen LogP contribution in [0.4, 0.5) is 0 Å². The lowest BCUT2D eigenvalue weighted by atomic mass is 10.1. The molecule has 0 unspecified atom stereocenters. The van der Waals surface area contributed by atoms with E-state index in [1.54, 1.807) is 6.07 Å². The molecule has 3 rings (SSSR count). The van der Waals surface area contributed by atoms with Crippen LogP contribution in [-0.4, -0.2) is 11.7 Å². The highest BCUT2D eigenvalue weighted by Crippen LogP contribution is 2.31. The molecular formula is C20H18O4.